The molecule has 0 aliphatic carbocycles. The summed E-state index contributed by atoms with van der Waals surface area (Å²) in [4.78, 5) is 0. The van der Waals surface area contributed by atoms with Crippen molar-refractivity contribution in [2.24, 2.45) is 5.10 Å². The molecule has 0 radical (unpaired) electrons. The standard InChI is InChI=1S/C12H14N2/c1-10-8-9-12(13-14(10)2)11-6-4-3-5-7-11/h3-10H,1-2H3. The van der Waals surface area contributed by atoms with Crippen molar-refractivity contribution >= 4 is 5.71 Å². The van der Waals surface area contributed by atoms with Crippen molar-refractivity contribution in [3.8, 4) is 0 Å². The molecule has 1 heterocycles. The summed E-state index contributed by atoms with van der Waals surface area (Å²) in [6.45, 7) is 2.13. The van der Waals surface area contributed by atoms with E-state index in [4.69, 9.17) is 0 Å². The molecule has 1 aliphatic rings. The second kappa shape index (κ2) is 3.66. The van der Waals surface area contributed by atoms with Crippen molar-refractivity contribution in [3.05, 3.63) is 48.0 Å². The number of hydrogen-bond acceptors (Lipinski definition) is 2. The average Bonchev–Trinajstić information content (AvgIpc) is 2.23. The first-order chi connectivity index (χ1) is 6.77. The summed E-state index contributed by atoms with van der Waals surface area (Å²) in [6.07, 6.45) is 4.25. The Morgan fingerprint density at radius 3 is 2.57 bits per heavy atom. The first-order valence-electron chi connectivity index (χ1n) is 4.82. The minimum Gasteiger partial charge on any atom is -0.293 e. The predicted octanol–water partition coefficient (Wildman–Crippen LogP) is 2.28. The molecule has 1 aromatic carbocycles. The molecule has 72 valence electrons. The fourth-order valence-corrected chi connectivity index (χ4v) is 1.41. The van der Waals surface area contributed by atoms with Crippen LogP contribution < -0.4 is 0 Å². The molecule has 0 fully saturated rings. The molecular formula is C12H14N2. The van der Waals surface area contributed by atoms with E-state index in [1.54, 1.807) is 0 Å². The number of benzene rings is 1. The Morgan fingerprint density at radius 1 is 1.21 bits per heavy atom. The van der Waals surface area contributed by atoms with Crippen molar-refractivity contribution in [2.75, 3.05) is 7.05 Å². The van der Waals surface area contributed by atoms with Gasteiger partial charge in [-0.1, -0.05) is 36.4 Å². The smallest absolute Gasteiger partial charge is 0.0901 e. The summed E-state index contributed by atoms with van der Waals surface area (Å²) in [7, 11) is 2.00. The fraction of sp³-hybridized carbons (Fsp3) is 0.250. The Balaban J connectivity index is 2.30. The van der Waals surface area contributed by atoms with Gasteiger partial charge in [-0.2, -0.15) is 5.10 Å². The van der Waals surface area contributed by atoms with E-state index in [0.29, 0.717) is 6.04 Å². The van der Waals surface area contributed by atoms with Gasteiger partial charge in [0.1, 0.15) is 0 Å². The molecule has 0 spiro atoms. The minimum absolute atomic E-state index is 0.391. The lowest BCUT2D eigenvalue weighted by molar-refractivity contribution is 0.310. The first kappa shape index (κ1) is 9.00. The topological polar surface area (TPSA) is 15.6 Å². The molecule has 1 aromatic rings. The van der Waals surface area contributed by atoms with Gasteiger partial charge in [0.25, 0.3) is 0 Å². The summed E-state index contributed by atoms with van der Waals surface area (Å²) in [6, 6.07) is 10.6. The molecule has 2 heteroatoms. The summed E-state index contributed by atoms with van der Waals surface area (Å²) in [5.41, 5.74) is 2.20. The van der Waals surface area contributed by atoms with Gasteiger partial charge in [0, 0.05) is 12.6 Å². The van der Waals surface area contributed by atoms with E-state index in [1.807, 2.05) is 30.3 Å². The number of likely N-dealkylation sites (N-methyl/N-ethyl adjacent to an activating group) is 1. The van der Waals surface area contributed by atoms with Crippen LogP contribution in [0, 0.1) is 0 Å². The van der Waals surface area contributed by atoms with E-state index < -0.39 is 0 Å². The van der Waals surface area contributed by atoms with Crippen LogP contribution in [-0.4, -0.2) is 23.8 Å². The zero-order valence-corrected chi connectivity index (χ0v) is 8.51. The highest BCUT2D eigenvalue weighted by atomic mass is 15.5. The van der Waals surface area contributed by atoms with E-state index in [9.17, 15) is 0 Å². The van der Waals surface area contributed by atoms with Crippen molar-refractivity contribution in [1.29, 1.82) is 0 Å². The molecule has 1 aliphatic heterocycles. The maximum absolute atomic E-state index is 4.50. The molecule has 0 amide bonds. The van der Waals surface area contributed by atoms with Crippen molar-refractivity contribution < 1.29 is 0 Å². The summed E-state index contributed by atoms with van der Waals surface area (Å²) in [5, 5.41) is 6.47. The summed E-state index contributed by atoms with van der Waals surface area (Å²) in [5.74, 6) is 0. The van der Waals surface area contributed by atoms with Crippen molar-refractivity contribution in [1.82, 2.24) is 5.01 Å². The summed E-state index contributed by atoms with van der Waals surface area (Å²) < 4.78 is 0. The average molecular weight is 186 g/mol. The van der Waals surface area contributed by atoms with Crippen LogP contribution in [0.25, 0.3) is 0 Å². The molecule has 1 unspecified atom stereocenters. The largest absolute Gasteiger partial charge is 0.293 e. The molecule has 0 aromatic heterocycles. The molecule has 0 bridgehead atoms. The SMILES string of the molecule is CC1C=CC(c2ccccc2)=NN1C. The second-order valence-corrected chi connectivity index (χ2v) is 3.52. The molecule has 14 heavy (non-hydrogen) atoms. The number of nitrogens with zero attached hydrogens (tertiary/aromatic N) is 2. The van der Waals surface area contributed by atoms with Gasteiger partial charge in [0.05, 0.1) is 11.8 Å². The van der Waals surface area contributed by atoms with Gasteiger partial charge in [-0.05, 0) is 13.0 Å². The van der Waals surface area contributed by atoms with Gasteiger partial charge >= 0.3 is 0 Å². The lowest BCUT2D eigenvalue weighted by Gasteiger charge is -2.23. The minimum atomic E-state index is 0.391. The van der Waals surface area contributed by atoms with Gasteiger partial charge in [-0.15, -0.1) is 0 Å². The third kappa shape index (κ3) is 1.69. The van der Waals surface area contributed by atoms with Crippen molar-refractivity contribution in [2.45, 2.75) is 13.0 Å². The molecule has 2 nitrogen and oxygen atoms in total. The van der Waals surface area contributed by atoms with Crippen LogP contribution in [-0.2, 0) is 0 Å². The predicted molar refractivity (Wildman–Crippen MR) is 59.3 cm³/mol. The quantitative estimate of drug-likeness (QED) is 0.657. The molecule has 2 rings (SSSR count). The van der Waals surface area contributed by atoms with E-state index in [1.165, 1.54) is 5.56 Å². The second-order valence-electron chi connectivity index (χ2n) is 3.52. The van der Waals surface area contributed by atoms with Crippen LogP contribution in [0.1, 0.15) is 12.5 Å². The highest BCUT2D eigenvalue weighted by molar-refractivity contribution is 6.08. The van der Waals surface area contributed by atoms with Gasteiger partial charge in [-0.3, -0.25) is 5.01 Å². The molecule has 1 atom stereocenters. The maximum atomic E-state index is 4.50. The van der Waals surface area contributed by atoms with Crippen LogP contribution in [0.15, 0.2) is 47.6 Å². The van der Waals surface area contributed by atoms with Crippen LogP contribution in [0.4, 0.5) is 0 Å². The molecule has 0 saturated heterocycles. The number of rotatable bonds is 1. The van der Waals surface area contributed by atoms with Gasteiger partial charge in [0.15, 0.2) is 0 Å². The Labute approximate surface area is 84.6 Å². The van der Waals surface area contributed by atoms with Crippen LogP contribution >= 0.6 is 0 Å². The third-order valence-electron chi connectivity index (χ3n) is 2.46. The lowest BCUT2D eigenvalue weighted by atomic mass is 10.1. The normalized spacial score (nSPS) is 20.9. The van der Waals surface area contributed by atoms with Crippen molar-refractivity contribution in [3.63, 3.8) is 0 Å². The van der Waals surface area contributed by atoms with Gasteiger partial charge in [0.2, 0.25) is 0 Å². The van der Waals surface area contributed by atoms with Crippen LogP contribution in [0.5, 0.6) is 0 Å². The fourth-order valence-electron chi connectivity index (χ4n) is 1.41. The van der Waals surface area contributed by atoms with E-state index in [2.05, 4.69) is 36.3 Å². The van der Waals surface area contributed by atoms with Gasteiger partial charge in [-0.25, -0.2) is 0 Å². The van der Waals surface area contributed by atoms with Crippen LogP contribution in [0.3, 0.4) is 0 Å². The van der Waals surface area contributed by atoms with Gasteiger partial charge < -0.3 is 0 Å². The maximum Gasteiger partial charge on any atom is 0.0901 e. The van der Waals surface area contributed by atoms with E-state index in [0.717, 1.165) is 5.71 Å². The highest BCUT2D eigenvalue weighted by Crippen LogP contribution is 2.10. The Kier molecular flexibility index (Phi) is 2.35. The third-order valence-corrected chi connectivity index (χ3v) is 2.46. The van der Waals surface area contributed by atoms with Crippen LogP contribution in [0.2, 0.25) is 0 Å². The number of allylic oxidation sites excluding steroid dienone is 1. The molecule has 0 saturated carbocycles. The first-order valence-corrected chi connectivity index (χ1v) is 4.82. The number of hydrazone groups is 1. The number of hydrogen-bond donors (Lipinski definition) is 0. The monoisotopic (exact) mass is 186 g/mol. The van der Waals surface area contributed by atoms with E-state index in [-0.39, 0.29) is 0 Å². The zero-order chi connectivity index (χ0) is 9.97. The zero-order valence-electron chi connectivity index (χ0n) is 8.51. The lowest BCUT2D eigenvalue weighted by Crippen LogP contribution is -2.26. The molecular weight excluding hydrogens is 172 g/mol. The molecule has 0 N–H and O–H groups in total. The van der Waals surface area contributed by atoms with E-state index >= 15 is 0 Å². The summed E-state index contributed by atoms with van der Waals surface area (Å²) >= 11 is 0. The Hall–Kier alpha value is -1.57. The Morgan fingerprint density at radius 2 is 1.93 bits per heavy atom. The Bertz CT molecular complexity index is 365. The highest BCUT2D eigenvalue weighted by Gasteiger charge is 2.10.